The molecule has 4 fully saturated rings. The predicted molar refractivity (Wildman–Crippen MR) is 273 cm³/mol. The Morgan fingerprint density at radius 1 is 0.742 bits per heavy atom. The molecule has 0 bridgehead atoms. The zero-order valence-corrected chi connectivity index (χ0v) is 43.9. The first-order chi connectivity index (χ1) is 32.0. The van der Waals surface area contributed by atoms with Gasteiger partial charge >= 0.3 is 11.9 Å². The minimum Gasteiger partial charge on any atom is -0.463 e. The third-order valence-electron chi connectivity index (χ3n) is 17.8. The normalized spacial score (nSPS) is 28.7. The quantitative estimate of drug-likeness (QED) is 0.0369. The van der Waals surface area contributed by atoms with Crippen molar-refractivity contribution < 1.29 is 28.5 Å². The minimum absolute atomic E-state index is 0.0418. The van der Waals surface area contributed by atoms with E-state index in [0.29, 0.717) is 18.6 Å². The van der Waals surface area contributed by atoms with Gasteiger partial charge in [0.25, 0.3) is 0 Å². The van der Waals surface area contributed by atoms with Crippen molar-refractivity contribution in [3.8, 4) is 0 Å². The van der Waals surface area contributed by atoms with Gasteiger partial charge in [-0.2, -0.15) is 0 Å². The van der Waals surface area contributed by atoms with Crippen LogP contribution in [0.4, 0.5) is 0 Å². The van der Waals surface area contributed by atoms with Crippen LogP contribution >= 0.6 is 0 Å². The van der Waals surface area contributed by atoms with Gasteiger partial charge in [-0.05, 0) is 149 Å². The van der Waals surface area contributed by atoms with Gasteiger partial charge in [-0.3, -0.25) is 9.59 Å². The van der Waals surface area contributed by atoms with Gasteiger partial charge < -0.3 is 23.8 Å². The lowest BCUT2D eigenvalue weighted by atomic mass is 9.47. The first-order valence-electron chi connectivity index (χ1n) is 28.6. The van der Waals surface area contributed by atoms with Crippen LogP contribution in [0.1, 0.15) is 234 Å². The number of carbonyl (C=O) groups excluding carboxylic acids is 2. The van der Waals surface area contributed by atoms with Gasteiger partial charge in [0.05, 0.1) is 32.2 Å². The van der Waals surface area contributed by atoms with Gasteiger partial charge in [-0.25, -0.2) is 0 Å². The second-order valence-electron chi connectivity index (χ2n) is 23.2. The second kappa shape index (κ2) is 30.1. The van der Waals surface area contributed by atoms with Gasteiger partial charge in [-0.1, -0.05) is 149 Å². The first kappa shape index (κ1) is 55.2. The molecule has 66 heavy (non-hydrogen) atoms. The summed E-state index contributed by atoms with van der Waals surface area (Å²) in [4.78, 5) is 28.2. The fourth-order valence-electron chi connectivity index (χ4n) is 13.9. The smallest absolute Gasteiger partial charge is 0.306 e. The number of carbonyl (C=O) groups is 2. The SMILES string of the molecule is CCCCCCCCC=CCCCCCCCCOCC(CN1CCCCC1)OCCOC(=O)CCC(=O)OC1CCC2(C)C(=CCC3C2CCC2(C)C(C(C)CCCC(C)C)CCC32)C1. The fraction of sp³-hybridized carbons (Fsp3) is 0.898. The van der Waals surface area contributed by atoms with Gasteiger partial charge in [-0.15, -0.1) is 0 Å². The van der Waals surface area contributed by atoms with Crippen molar-refractivity contribution in [2.75, 3.05) is 46.1 Å². The summed E-state index contributed by atoms with van der Waals surface area (Å²) in [5.41, 5.74) is 2.26. The standard InChI is InChI=1S/C59H103NO6/c1-7-8-9-10-11-12-13-14-15-16-17-18-19-20-21-25-41-63-46-51(45-60-39-23-22-24-40-60)64-42-43-65-56(61)33-34-57(62)66-50-35-37-58(5)49(44-50)29-30-52-54-32-31-53(48(4)28-26-27-47(2)3)59(54,6)38-36-55(52)58/h14-15,29,47-48,50-55H,7-13,16-28,30-46H2,1-6H3. The van der Waals surface area contributed by atoms with Crippen molar-refractivity contribution in [2.45, 2.75) is 246 Å². The van der Waals surface area contributed by atoms with Gasteiger partial charge in [0.2, 0.25) is 0 Å². The van der Waals surface area contributed by atoms with E-state index in [2.05, 4.69) is 64.7 Å². The van der Waals surface area contributed by atoms with Crippen molar-refractivity contribution in [3.05, 3.63) is 23.8 Å². The van der Waals surface area contributed by atoms with Crippen molar-refractivity contribution in [1.82, 2.24) is 4.90 Å². The van der Waals surface area contributed by atoms with Crippen LogP contribution in [0.15, 0.2) is 23.8 Å². The molecule has 0 aromatic heterocycles. The molecular weight excluding hydrogens is 819 g/mol. The fourth-order valence-corrected chi connectivity index (χ4v) is 13.9. The monoisotopic (exact) mass is 922 g/mol. The Hall–Kier alpha value is -1.70. The Labute approximate surface area is 406 Å². The number of hydrogen-bond acceptors (Lipinski definition) is 7. The minimum atomic E-state index is -0.361. The molecule has 7 heteroatoms. The molecule has 1 saturated heterocycles. The largest absolute Gasteiger partial charge is 0.463 e. The number of piperidine rings is 1. The molecule has 0 radical (unpaired) electrons. The molecule has 0 aromatic rings. The summed E-state index contributed by atoms with van der Waals surface area (Å²) in [6.45, 7) is 19.7. The number of allylic oxidation sites excluding steroid dienone is 3. The predicted octanol–water partition coefficient (Wildman–Crippen LogP) is 15.2. The van der Waals surface area contributed by atoms with E-state index in [1.807, 2.05) is 0 Å². The second-order valence-corrected chi connectivity index (χ2v) is 23.2. The lowest BCUT2D eigenvalue weighted by Gasteiger charge is -2.58. The third-order valence-corrected chi connectivity index (χ3v) is 17.8. The maximum Gasteiger partial charge on any atom is 0.306 e. The average Bonchev–Trinajstić information content (AvgIpc) is 3.67. The molecular formula is C59H103NO6. The summed E-state index contributed by atoms with van der Waals surface area (Å²) in [5.74, 6) is 4.28. The van der Waals surface area contributed by atoms with Crippen LogP contribution in [0.25, 0.3) is 0 Å². The van der Waals surface area contributed by atoms with Crippen molar-refractivity contribution in [1.29, 1.82) is 0 Å². The van der Waals surface area contributed by atoms with Crippen LogP contribution < -0.4 is 0 Å². The Balaban J connectivity index is 0.919. The van der Waals surface area contributed by atoms with E-state index in [-0.39, 0.29) is 49.0 Å². The number of rotatable bonds is 33. The Bertz CT molecular complexity index is 1420. The highest BCUT2D eigenvalue weighted by atomic mass is 16.6. The Morgan fingerprint density at radius 3 is 2.17 bits per heavy atom. The van der Waals surface area contributed by atoms with E-state index in [0.717, 1.165) is 87.4 Å². The molecule has 0 aromatic carbocycles. The maximum atomic E-state index is 13.0. The molecule has 380 valence electrons. The summed E-state index contributed by atoms with van der Waals surface area (Å²) < 4.78 is 24.0. The zero-order valence-electron chi connectivity index (χ0n) is 43.9. The van der Waals surface area contributed by atoms with Crippen LogP contribution in [-0.2, 0) is 28.5 Å². The number of ether oxygens (including phenoxy) is 4. The summed E-state index contributed by atoms with van der Waals surface area (Å²) in [6, 6.07) is 0. The number of likely N-dealkylation sites (tertiary alicyclic amines) is 1. The maximum absolute atomic E-state index is 13.0. The van der Waals surface area contributed by atoms with Gasteiger partial charge in [0, 0.05) is 19.6 Å². The average molecular weight is 922 g/mol. The molecule has 0 spiro atoms. The Morgan fingerprint density at radius 2 is 1.44 bits per heavy atom. The molecule has 7 nitrogen and oxygen atoms in total. The lowest BCUT2D eigenvalue weighted by Crippen LogP contribution is -2.51. The van der Waals surface area contributed by atoms with Crippen molar-refractivity contribution >= 4 is 11.9 Å². The van der Waals surface area contributed by atoms with Crippen molar-refractivity contribution in [3.63, 3.8) is 0 Å². The molecule has 4 aliphatic carbocycles. The molecule has 9 unspecified atom stereocenters. The number of unbranched alkanes of at least 4 members (excludes halogenated alkanes) is 12. The van der Waals surface area contributed by atoms with Gasteiger partial charge in [0.15, 0.2) is 0 Å². The number of hydrogen-bond donors (Lipinski definition) is 0. The van der Waals surface area contributed by atoms with Crippen LogP contribution in [0.5, 0.6) is 0 Å². The van der Waals surface area contributed by atoms with E-state index in [1.54, 1.807) is 0 Å². The number of fused-ring (bicyclic) bond motifs is 5. The molecule has 1 heterocycles. The van der Waals surface area contributed by atoms with Crippen LogP contribution in [-0.4, -0.2) is 75.1 Å². The first-order valence-corrected chi connectivity index (χ1v) is 28.6. The van der Waals surface area contributed by atoms with Crippen molar-refractivity contribution in [2.24, 2.45) is 46.3 Å². The summed E-state index contributed by atoms with van der Waals surface area (Å²) in [6.07, 6.45) is 43.2. The van der Waals surface area contributed by atoms with E-state index in [4.69, 9.17) is 18.9 Å². The summed E-state index contributed by atoms with van der Waals surface area (Å²) in [5, 5.41) is 0. The topological polar surface area (TPSA) is 74.3 Å². The summed E-state index contributed by atoms with van der Waals surface area (Å²) in [7, 11) is 0. The molecule has 1 aliphatic heterocycles. The molecule has 9 atom stereocenters. The number of nitrogens with zero attached hydrogens (tertiary/aromatic N) is 1. The molecule has 5 aliphatic rings. The van der Waals surface area contributed by atoms with Crippen LogP contribution in [0, 0.1) is 46.3 Å². The van der Waals surface area contributed by atoms with E-state index < -0.39 is 0 Å². The third kappa shape index (κ3) is 17.9. The highest BCUT2D eigenvalue weighted by molar-refractivity contribution is 5.77. The molecule has 3 saturated carbocycles. The summed E-state index contributed by atoms with van der Waals surface area (Å²) >= 11 is 0. The van der Waals surface area contributed by atoms with E-state index in [9.17, 15) is 9.59 Å². The Kier molecular flexibility index (Phi) is 25.2. The lowest BCUT2D eigenvalue weighted by molar-refractivity contribution is -0.156. The van der Waals surface area contributed by atoms with Crippen LogP contribution in [0.2, 0.25) is 0 Å². The molecule has 5 rings (SSSR count). The van der Waals surface area contributed by atoms with E-state index >= 15 is 0 Å². The highest BCUT2D eigenvalue weighted by Crippen LogP contribution is 2.67. The zero-order chi connectivity index (χ0) is 47.0. The highest BCUT2D eigenvalue weighted by Gasteiger charge is 2.59. The number of esters is 2. The van der Waals surface area contributed by atoms with Crippen LogP contribution in [0.3, 0.4) is 0 Å². The molecule has 0 N–H and O–H groups in total. The van der Waals surface area contributed by atoms with E-state index in [1.165, 1.54) is 160 Å². The van der Waals surface area contributed by atoms with Gasteiger partial charge in [0.1, 0.15) is 12.7 Å². The molecule has 0 amide bonds.